The van der Waals surface area contributed by atoms with Gasteiger partial charge in [0.05, 0.1) is 25.9 Å². The van der Waals surface area contributed by atoms with Crippen LogP contribution in [0.25, 0.3) is 0 Å². The van der Waals surface area contributed by atoms with Crippen molar-refractivity contribution in [2.45, 2.75) is 57.8 Å². The Bertz CT molecular complexity index is 604. The average molecular weight is 403 g/mol. The van der Waals surface area contributed by atoms with Gasteiger partial charge in [-0.3, -0.25) is 4.99 Å². The van der Waals surface area contributed by atoms with Crippen LogP contribution in [0.1, 0.15) is 44.6 Å². The molecule has 1 aliphatic carbocycles. The highest BCUT2D eigenvalue weighted by Crippen LogP contribution is 2.26. The topological polar surface area (TPSA) is 69.1 Å². The Morgan fingerprint density at radius 1 is 1.24 bits per heavy atom. The number of nitrogens with zero attached hydrogens (tertiary/aromatic N) is 2. The zero-order chi connectivity index (χ0) is 20.3. The van der Waals surface area contributed by atoms with E-state index in [1.54, 1.807) is 0 Å². The van der Waals surface area contributed by atoms with Crippen LogP contribution in [0.5, 0.6) is 0 Å². The lowest BCUT2D eigenvalue weighted by atomic mass is 10.1. The lowest BCUT2D eigenvalue weighted by molar-refractivity contribution is 0.0331. The summed E-state index contributed by atoms with van der Waals surface area (Å²) in [5.41, 5.74) is 1.11. The van der Waals surface area contributed by atoms with Crippen molar-refractivity contribution in [1.82, 2.24) is 15.5 Å². The molecule has 0 aromatic heterocycles. The third-order valence-electron chi connectivity index (χ3n) is 5.83. The monoisotopic (exact) mass is 402 g/mol. The molecule has 1 aliphatic heterocycles. The van der Waals surface area contributed by atoms with Crippen molar-refractivity contribution >= 4 is 5.96 Å². The zero-order valence-electron chi connectivity index (χ0n) is 17.9. The molecular formula is C23H38N4O2. The molecule has 1 saturated heterocycles. The number of aliphatic hydroxyl groups is 1. The Morgan fingerprint density at radius 3 is 2.79 bits per heavy atom. The number of hydrogen-bond acceptors (Lipinski definition) is 4. The smallest absolute Gasteiger partial charge is 0.191 e. The van der Waals surface area contributed by atoms with Crippen molar-refractivity contribution in [3.63, 3.8) is 0 Å². The Morgan fingerprint density at radius 2 is 2.03 bits per heavy atom. The maximum absolute atomic E-state index is 10.2. The van der Waals surface area contributed by atoms with Gasteiger partial charge in [-0.1, -0.05) is 43.2 Å². The Labute approximate surface area is 175 Å². The third kappa shape index (κ3) is 7.96. The average Bonchev–Trinajstić information content (AvgIpc) is 3.40. The van der Waals surface area contributed by atoms with Crippen LogP contribution >= 0.6 is 0 Å². The van der Waals surface area contributed by atoms with E-state index >= 15 is 0 Å². The van der Waals surface area contributed by atoms with Crippen LogP contribution in [-0.2, 0) is 11.3 Å². The van der Waals surface area contributed by atoms with Gasteiger partial charge in [-0.25, -0.2) is 0 Å². The molecule has 29 heavy (non-hydrogen) atoms. The molecule has 1 heterocycles. The molecule has 3 N–H and O–H groups in total. The van der Waals surface area contributed by atoms with Gasteiger partial charge in [0.2, 0.25) is 0 Å². The van der Waals surface area contributed by atoms with Gasteiger partial charge in [0.1, 0.15) is 0 Å². The maximum atomic E-state index is 10.2. The Kier molecular flexibility index (Phi) is 9.25. The lowest BCUT2D eigenvalue weighted by Gasteiger charge is -2.21. The van der Waals surface area contributed by atoms with E-state index in [4.69, 9.17) is 4.74 Å². The van der Waals surface area contributed by atoms with Gasteiger partial charge in [0, 0.05) is 32.2 Å². The number of aliphatic hydroxyl groups excluding tert-OH is 1. The zero-order valence-corrected chi connectivity index (χ0v) is 17.9. The van der Waals surface area contributed by atoms with Crippen molar-refractivity contribution in [3.05, 3.63) is 35.9 Å². The first-order valence-electron chi connectivity index (χ1n) is 11.3. The first kappa shape index (κ1) is 22.1. The molecule has 2 atom stereocenters. The van der Waals surface area contributed by atoms with Crippen LogP contribution < -0.4 is 10.6 Å². The molecule has 6 heteroatoms. The highest BCUT2D eigenvalue weighted by Gasteiger charge is 2.26. The number of nitrogens with one attached hydrogen (secondary N) is 2. The summed E-state index contributed by atoms with van der Waals surface area (Å²) in [6.45, 7) is 7.52. The normalized spacial score (nSPS) is 22.1. The summed E-state index contributed by atoms with van der Waals surface area (Å²) in [5, 5.41) is 17.1. The summed E-state index contributed by atoms with van der Waals surface area (Å²) in [5.74, 6) is 1.70. The van der Waals surface area contributed by atoms with Gasteiger partial charge in [0.15, 0.2) is 5.96 Å². The van der Waals surface area contributed by atoms with Crippen LogP contribution in [0.4, 0.5) is 0 Å². The summed E-state index contributed by atoms with van der Waals surface area (Å²) < 4.78 is 5.62. The largest absolute Gasteiger partial charge is 0.389 e. The second-order valence-electron chi connectivity index (χ2n) is 8.41. The fourth-order valence-electron chi connectivity index (χ4n) is 4.32. The van der Waals surface area contributed by atoms with Crippen molar-refractivity contribution < 1.29 is 9.84 Å². The highest BCUT2D eigenvalue weighted by molar-refractivity contribution is 5.80. The van der Waals surface area contributed by atoms with E-state index in [0.717, 1.165) is 37.0 Å². The number of likely N-dealkylation sites (tertiary alicyclic amines) is 1. The fourth-order valence-corrected chi connectivity index (χ4v) is 4.32. The second-order valence-corrected chi connectivity index (χ2v) is 8.41. The number of rotatable bonds is 10. The summed E-state index contributed by atoms with van der Waals surface area (Å²) >= 11 is 0. The predicted molar refractivity (Wildman–Crippen MR) is 118 cm³/mol. The minimum absolute atomic E-state index is 0.288. The van der Waals surface area contributed by atoms with E-state index in [1.807, 2.05) is 30.3 Å². The van der Waals surface area contributed by atoms with Crippen molar-refractivity contribution in [1.29, 1.82) is 0 Å². The lowest BCUT2D eigenvalue weighted by Crippen LogP contribution is -2.45. The standard InChI is InChI=1S/C23H38N4O2/c1-2-24-23(25-14-22(28)18-29-17-20-10-4-3-5-11-20)26-21-12-13-27(16-21)15-19-8-6-7-9-19/h3-5,10-11,19,21-22,28H,2,6-9,12-18H2,1H3,(H2,24,25,26). The van der Waals surface area contributed by atoms with Crippen LogP contribution in [0, 0.1) is 5.92 Å². The molecular weight excluding hydrogens is 364 g/mol. The molecule has 2 unspecified atom stereocenters. The molecule has 1 saturated carbocycles. The van der Waals surface area contributed by atoms with E-state index in [0.29, 0.717) is 19.2 Å². The van der Waals surface area contributed by atoms with E-state index in [-0.39, 0.29) is 6.61 Å². The van der Waals surface area contributed by atoms with E-state index < -0.39 is 6.10 Å². The van der Waals surface area contributed by atoms with Gasteiger partial charge < -0.3 is 25.4 Å². The number of aliphatic imine (C=N–C) groups is 1. The van der Waals surface area contributed by atoms with Crippen LogP contribution in [0.3, 0.4) is 0 Å². The first-order chi connectivity index (χ1) is 14.2. The highest BCUT2D eigenvalue weighted by atomic mass is 16.5. The van der Waals surface area contributed by atoms with Crippen LogP contribution in [0.15, 0.2) is 35.3 Å². The third-order valence-corrected chi connectivity index (χ3v) is 5.83. The van der Waals surface area contributed by atoms with Gasteiger partial charge >= 0.3 is 0 Å². The Balaban J connectivity index is 1.37. The molecule has 0 spiro atoms. The predicted octanol–water partition coefficient (Wildman–Crippen LogP) is 2.38. The molecule has 162 valence electrons. The summed E-state index contributed by atoms with van der Waals surface area (Å²) in [6, 6.07) is 10.4. The van der Waals surface area contributed by atoms with Crippen LogP contribution in [-0.4, -0.2) is 67.4 Å². The van der Waals surface area contributed by atoms with Gasteiger partial charge in [0.25, 0.3) is 0 Å². The molecule has 1 aromatic carbocycles. The fraction of sp³-hybridized carbons (Fsp3) is 0.696. The number of ether oxygens (including phenoxy) is 1. The Hall–Kier alpha value is -1.63. The molecule has 0 radical (unpaired) electrons. The number of guanidine groups is 1. The minimum atomic E-state index is -0.600. The van der Waals surface area contributed by atoms with Crippen molar-refractivity contribution in [3.8, 4) is 0 Å². The number of benzene rings is 1. The van der Waals surface area contributed by atoms with E-state index in [1.165, 1.54) is 38.8 Å². The molecule has 2 fully saturated rings. The van der Waals surface area contributed by atoms with E-state index in [2.05, 4.69) is 27.4 Å². The first-order valence-corrected chi connectivity index (χ1v) is 11.3. The van der Waals surface area contributed by atoms with Gasteiger partial charge in [-0.2, -0.15) is 0 Å². The number of hydrogen-bond donors (Lipinski definition) is 3. The molecule has 3 rings (SSSR count). The van der Waals surface area contributed by atoms with Gasteiger partial charge in [-0.05, 0) is 37.7 Å². The molecule has 1 aromatic rings. The SMILES string of the molecule is CCNC(=NCC(O)COCc1ccccc1)NC1CCN(CC2CCCC2)C1. The van der Waals surface area contributed by atoms with Crippen LogP contribution in [0.2, 0.25) is 0 Å². The van der Waals surface area contributed by atoms with Gasteiger partial charge in [-0.15, -0.1) is 0 Å². The van der Waals surface area contributed by atoms with E-state index in [9.17, 15) is 5.11 Å². The summed E-state index contributed by atoms with van der Waals surface area (Å²) in [4.78, 5) is 7.18. The van der Waals surface area contributed by atoms with Crippen molar-refractivity contribution in [2.24, 2.45) is 10.9 Å². The minimum Gasteiger partial charge on any atom is -0.389 e. The van der Waals surface area contributed by atoms with Crippen molar-refractivity contribution in [2.75, 3.05) is 39.3 Å². The molecule has 2 aliphatic rings. The molecule has 6 nitrogen and oxygen atoms in total. The molecule has 0 amide bonds. The second kappa shape index (κ2) is 12.2. The molecule has 0 bridgehead atoms. The summed E-state index contributed by atoms with van der Waals surface area (Å²) in [6.07, 6.45) is 6.19. The maximum Gasteiger partial charge on any atom is 0.191 e. The summed E-state index contributed by atoms with van der Waals surface area (Å²) in [7, 11) is 0. The quantitative estimate of drug-likeness (QED) is 0.414.